The van der Waals surface area contributed by atoms with Crippen molar-refractivity contribution < 1.29 is 14.3 Å². The van der Waals surface area contributed by atoms with Crippen molar-refractivity contribution in [2.75, 3.05) is 26.2 Å². The van der Waals surface area contributed by atoms with Gasteiger partial charge in [0.25, 0.3) is 5.91 Å². The molecule has 0 bridgehead atoms. The number of thiophene rings is 1. The second-order valence-corrected chi connectivity index (χ2v) is 6.32. The van der Waals surface area contributed by atoms with Gasteiger partial charge in [-0.15, -0.1) is 11.3 Å². The van der Waals surface area contributed by atoms with Gasteiger partial charge >= 0.3 is 5.97 Å². The Hall–Kier alpha value is -1.11. The maximum atomic E-state index is 12.0. The summed E-state index contributed by atoms with van der Waals surface area (Å²) in [5.41, 5.74) is 0. The molecule has 1 amide bonds. The number of likely N-dealkylation sites (tertiary alicyclic amines) is 1. The van der Waals surface area contributed by atoms with Crippen LogP contribution in [0.3, 0.4) is 0 Å². The van der Waals surface area contributed by atoms with E-state index in [2.05, 4.69) is 5.32 Å². The molecule has 1 atom stereocenters. The summed E-state index contributed by atoms with van der Waals surface area (Å²) in [5, 5.41) is 2.96. The molecule has 0 radical (unpaired) electrons. The number of amides is 1. The van der Waals surface area contributed by atoms with E-state index in [1.807, 2.05) is 4.90 Å². The first-order valence-corrected chi connectivity index (χ1v) is 7.72. The van der Waals surface area contributed by atoms with E-state index in [4.69, 9.17) is 16.3 Å². The van der Waals surface area contributed by atoms with Gasteiger partial charge in [0.1, 0.15) is 0 Å². The lowest BCUT2D eigenvalue weighted by Gasteiger charge is -2.15. The van der Waals surface area contributed by atoms with Crippen LogP contribution in [0.5, 0.6) is 0 Å². The van der Waals surface area contributed by atoms with Crippen molar-refractivity contribution in [3.05, 3.63) is 21.3 Å². The van der Waals surface area contributed by atoms with Gasteiger partial charge in [0.15, 0.2) is 0 Å². The molecule has 1 saturated heterocycles. The second-order valence-electron chi connectivity index (χ2n) is 4.60. The van der Waals surface area contributed by atoms with Crippen molar-refractivity contribution in [2.24, 2.45) is 0 Å². The van der Waals surface area contributed by atoms with Gasteiger partial charge in [-0.3, -0.25) is 14.5 Å². The lowest BCUT2D eigenvalue weighted by molar-refractivity contribution is -0.144. The van der Waals surface area contributed by atoms with Crippen molar-refractivity contribution in [1.82, 2.24) is 10.2 Å². The zero-order valence-corrected chi connectivity index (χ0v) is 12.8. The smallest absolute Gasteiger partial charge is 0.320 e. The molecule has 1 aliphatic rings. The van der Waals surface area contributed by atoms with Crippen LogP contribution in [0.25, 0.3) is 0 Å². The molecule has 20 heavy (non-hydrogen) atoms. The molecule has 5 nitrogen and oxygen atoms in total. The molecule has 1 aliphatic heterocycles. The molecular formula is C13H17ClN2O3S. The SMILES string of the molecule is CCOC(=O)CN1CC[C@@H](NC(=O)c2ccc(Cl)s2)C1. The van der Waals surface area contributed by atoms with Crippen LogP contribution in [-0.4, -0.2) is 49.1 Å². The number of carbonyl (C=O) groups excluding carboxylic acids is 2. The number of nitrogens with zero attached hydrogens (tertiary/aromatic N) is 1. The minimum atomic E-state index is -0.218. The van der Waals surface area contributed by atoms with E-state index in [9.17, 15) is 9.59 Å². The van der Waals surface area contributed by atoms with Crippen LogP contribution in [-0.2, 0) is 9.53 Å². The van der Waals surface area contributed by atoms with Crippen LogP contribution >= 0.6 is 22.9 Å². The number of carbonyl (C=O) groups is 2. The first kappa shape index (κ1) is 15.3. The number of nitrogens with one attached hydrogen (secondary N) is 1. The number of rotatable bonds is 5. The fourth-order valence-electron chi connectivity index (χ4n) is 2.18. The molecular weight excluding hydrogens is 300 g/mol. The van der Waals surface area contributed by atoms with E-state index in [-0.39, 0.29) is 24.5 Å². The predicted molar refractivity (Wildman–Crippen MR) is 78.3 cm³/mol. The van der Waals surface area contributed by atoms with Gasteiger partial charge in [0.05, 0.1) is 22.4 Å². The molecule has 0 unspecified atom stereocenters. The zero-order chi connectivity index (χ0) is 14.5. The molecule has 0 aliphatic carbocycles. The van der Waals surface area contributed by atoms with Crippen molar-refractivity contribution in [2.45, 2.75) is 19.4 Å². The summed E-state index contributed by atoms with van der Waals surface area (Å²) in [4.78, 5) is 26.0. The molecule has 1 N–H and O–H groups in total. The van der Waals surface area contributed by atoms with Crippen LogP contribution < -0.4 is 5.32 Å². The third-order valence-corrected chi connectivity index (χ3v) is 4.29. The van der Waals surface area contributed by atoms with E-state index in [0.717, 1.165) is 13.0 Å². The Balaban J connectivity index is 1.78. The summed E-state index contributed by atoms with van der Waals surface area (Å²) in [7, 11) is 0. The Kier molecular flexibility index (Phi) is 5.39. The van der Waals surface area contributed by atoms with Crippen molar-refractivity contribution in [3.8, 4) is 0 Å². The summed E-state index contributed by atoms with van der Waals surface area (Å²) in [5.74, 6) is -0.325. The predicted octanol–water partition coefficient (Wildman–Crippen LogP) is 1.77. The van der Waals surface area contributed by atoms with Gasteiger partial charge in [0, 0.05) is 19.1 Å². The molecule has 2 heterocycles. The minimum Gasteiger partial charge on any atom is -0.465 e. The lowest BCUT2D eigenvalue weighted by Crippen LogP contribution is -2.38. The Bertz CT molecular complexity index is 492. The van der Waals surface area contributed by atoms with E-state index >= 15 is 0 Å². The zero-order valence-electron chi connectivity index (χ0n) is 11.2. The molecule has 1 aromatic rings. The Morgan fingerprint density at radius 1 is 1.55 bits per heavy atom. The van der Waals surface area contributed by atoms with Crippen LogP contribution in [0.4, 0.5) is 0 Å². The number of hydrogen-bond acceptors (Lipinski definition) is 5. The number of halogens is 1. The fourth-order valence-corrected chi connectivity index (χ4v) is 3.12. The first-order chi connectivity index (χ1) is 9.58. The summed E-state index contributed by atoms with van der Waals surface area (Å²) >= 11 is 7.07. The van der Waals surface area contributed by atoms with Gasteiger partial charge in [-0.05, 0) is 25.5 Å². The maximum Gasteiger partial charge on any atom is 0.320 e. The summed E-state index contributed by atoms with van der Waals surface area (Å²) in [6.07, 6.45) is 0.838. The Labute approximate surface area is 126 Å². The lowest BCUT2D eigenvalue weighted by atomic mass is 10.2. The van der Waals surface area contributed by atoms with Gasteiger partial charge in [0.2, 0.25) is 0 Å². The third kappa shape index (κ3) is 4.19. The van der Waals surface area contributed by atoms with Gasteiger partial charge in [-0.25, -0.2) is 0 Å². The van der Waals surface area contributed by atoms with Crippen molar-refractivity contribution in [1.29, 1.82) is 0 Å². The highest BCUT2D eigenvalue weighted by atomic mass is 35.5. The van der Waals surface area contributed by atoms with E-state index < -0.39 is 0 Å². The maximum absolute atomic E-state index is 12.0. The summed E-state index contributed by atoms with van der Waals surface area (Å²) in [6.45, 7) is 3.92. The molecule has 2 rings (SSSR count). The third-order valence-electron chi connectivity index (χ3n) is 3.06. The second kappa shape index (κ2) is 7.06. The molecule has 0 saturated carbocycles. The van der Waals surface area contributed by atoms with Crippen LogP contribution in [0, 0.1) is 0 Å². The van der Waals surface area contributed by atoms with Gasteiger partial charge in [-0.2, -0.15) is 0 Å². The topological polar surface area (TPSA) is 58.6 Å². The normalized spacial score (nSPS) is 19.0. The first-order valence-electron chi connectivity index (χ1n) is 6.52. The number of hydrogen-bond donors (Lipinski definition) is 1. The van der Waals surface area contributed by atoms with Crippen molar-refractivity contribution >= 4 is 34.8 Å². The number of esters is 1. The quantitative estimate of drug-likeness (QED) is 0.841. The van der Waals surface area contributed by atoms with E-state index in [0.29, 0.717) is 22.4 Å². The highest BCUT2D eigenvalue weighted by molar-refractivity contribution is 7.17. The largest absolute Gasteiger partial charge is 0.465 e. The van der Waals surface area contributed by atoms with Crippen molar-refractivity contribution in [3.63, 3.8) is 0 Å². The monoisotopic (exact) mass is 316 g/mol. The summed E-state index contributed by atoms with van der Waals surface area (Å²) in [6, 6.07) is 3.49. The van der Waals surface area contributed by atoms with Gasteiger partial charge in [-0.1, -0.05) is 11.6 Å². The summed E-state index contributed by atoms with van der Waals surface area (Å²) < 4.78 is 5.51. The highest BCUT2D eigenvalue weighted by Gasteiger charge is 2.26. The standard InChI is InChI=1S/C13H17ClN2O3S/c1-2-19-12(17)8-16-6-5-9(7-16)15-13(18)10-3-4-11(14)20-10/h3-4,9H,2,5-8H2,1H3,(H,15,18)/t9-/m1/s1. The Morgan fingerprint density at radius 3 is 3.00 bits per heavy atom. The minimum absolute atomic E-state index is 0.0674. The van der Waals surface area contributed by atoms with Crippen LogP contribution in [0.2, 0.25) is 4.34 Å². The molecule has 7 heteroatoms. The Morgan fingerprint density at radius 2 is 2.35 bits per heavy atom. The molecule has 0 spiro atoms. The molecule has 1 aromatic heterocycles. The highest BCUT2D eigenvalue weighted by Crippen LogP contribution is 2.21. The van der Waals surface area contributed by atoms with E-state index in [1.54, 1.807) is 19.1 Å². The van der Waals surface area contributed by atoms with Crippen LogP contribution in [0.15, 0.2) is 12.1 Å². The molecule has 110 valence electrons. The molecule has 1 fully saturated rings. The van der Waals surface area contributed by atoms with Crippen LogP contribution in [0.1, 0.15) is 23.0 Å². The number of ether oxygens (including phenoxy) is 1. The van der Waals surface area contributed by atoms with E-state index in [1.165, 1.54) is 11.3 Å². The average molecular weight is 317 g/mol. The van der Waals surface area contributed by atoms with Gasteiger partial charge < -0.3 is 10.1 Å². The average Bonchev–Trinajstić information content (AvgIpc) is 2.99. The molecule has 0 aromatic carbocycles. The fraction of sp³-hybridized carbons (Fsp3) is 0.538.